The third-order valence-corrected chi connectivity index (χ3v) is 4.78. The third kappa shape index (κ3) is 9.12. The van der Waals surface area contributed by atoms with Crippen LogP contribution in [0.3, 0.4) is 0 Å². The highest BCUT2D eigenvalue weighted by Gasteiger charge is 2.36. The molecule has 1 atom stereocenters. The molecule has 1 aliphatic rings. The summed E-state index contributed by atoms with van der Waals surface area (Å²) in [5, 5.41) is 0. The van der Waals surface area contributed by atoms with E-state index < -0.39 is 12.1 Å². The Kier molecular flexibility index (Phi) is 12.4. The fraction of sp³-hybridized carbons (Fsp3) is 0.810. The van der Waals surface area contributed by atoms with Gasteiger partial charge in [-0.3, -0.25) is 4.90 Å². The summed E-state index contributed by atoms with van der Waals surface area (Å²) < 4.78 is 10.3. The van der Waals surface area contributed by atoms with E-state index in [1.54, 1.807) is 0 Å². The Morgan fingerprint density at radius 1 is 1.00 bits per heavy atom. The van der Waals surface area contributed by atoms with Crippen LogP contribution in [0.2, 0.25) is 0 Å². The number of esters is 1. The Balaban J connectivity index is 2.05. The number of rotatable bonds is 13. The molecule has 0 aromatic heterocycles. The van der Waals surface area contributed by atoms with E-state index >= 15 is 0 Å². The summed E-state index contributed by atoms with van der Waals surface area (Å²) in [4.78, 5) is 25.5. The number of ether oxygens (including phenoxy) is 2. The van der Waals surface area contributed by atoms with Crippen molar-refractivity contribution < 1.29 is 19.1 Å². The maximum Gasteiger partial charge on any atom is 0.411 e. The standard InChI is InChI=1S/C21H35NO4/c1-3-5-6-7-8-9-10-11-12-13-18-25-20(23)19-15-14-16-22(19)21(24)26-17-4-2/h2,19H,3,5-18H2,1H3. The molecular weight excluding hydrogens is 330 g/mol. The summed E-state index contributed by atoms with van der Waals surface area (Å²) in [6, 6.07) is -0.525. The number of hydrogen-bond donors (Lipinski definition) is 0. The number of amides is 1. The molecule has 0 radical (unpaired) electrons. The van der Waals surface area contributed by atoms with E-state index in [1.165, 1.54) is 56.3 Å². The normalized spacial score (nSPS) is 16.3. The second-order valence-corrected chi connectivity index (χ2v) is 6.96. The van der Waals surface area contributed by atoms with Gasteiger partial charge in [0.15, 0.2) is 6.61 Å². The number of carbonyl (C=O) groups is 2. The first kappa shape index (κ1) is 22.3. The first-order chi connectivity index (χ1) is 12.7. The Bertz CT molecular complexity index is 444. The molecule has 1 rings (SSSR count). The molecule has 5 nitrogen and oxygen atoms in total. The average molecular weight is 366 g/mol. The zero-order valence-electron chi connectivity index (χ0n) is 16.3. The second kappa shape index (κ2) is 14.5. The molecule has 26 heavy (non-hydrogen) atoms. The molecule has 0 N–H and O–H groups in total. The van der Waals surface area contributed by atoms with E-state index in [2.05, 4.69) is 12.8 Å². The van der Waals surface area contributed by atoms with Crippen LogP contribution in [0, 0.1) is 12.3 Å². The quantitative estimate of drug-likeness (QED) is 0.270. The van der Waals surface area contributed by atoms with Crippen LogP contribution in [-0.2, 0) is 14.3 Å². The van der Waals surface area contributed by atoms with Crippen LogP contribution >= 0.6 is 0 Å². The monoisotopic (exact) mass is 365 g/mol. The van der Waals surface area contributed by atoms with Gasteiger partial charge in [0.2, 0.25) is 0 Å². The lowest BCUT2D eigenvalue weighted by atomic mass is 10.1. The van der Waals surface area contributed by atoms with Crippen LogP contribution < -0.4 is 0 Å². The molecule has 5 heteroatoms. The Morgan fingerprint density at radius 3 is 2.23 bits per heavy atom. The second-order valence-electron chi connectivity index (χ2n) is 6.96. The molecule has 1 heterocycles. The van der Waals surface area contributed by atoms with Crippen molar-refractivity contribution in [3.63, 3.8) is 0 Å². The van der Waals surface area contributed by atoms with Gasteiger partial charge in [-0.25, -0.2) is 9.59 Å². The van der Waals surface area contributed by atoms with Crippen LogP contribution in [0.25, 0.3) is 0 Å². The maximum absolute atomic E-state index is 12.2. The van der Waals surface area contributed by atoms with E-state index in [1.807, 2.05) is 0 Å². The summed E-state index contributed by atoms with van der Waals surface area (Å²) in [7, 11) is 0. The molecule has 1 saturated heterocycles. The van der Waals surface area contributed by atoms with Gasteiger partial charge < -0.3 is 9.47 Å². The largest absolute Gasteiger partial charge is 0.464 e. The van der Waals surface area contributed by atoms with E-state index in [0.29, 0.717) is 19.6 Å². The van der Waals surface area contributed by atoms with Crippen molar-refractivity contribution >= 4 is 12.1 Å². The molecule has 1 aliphatic heterocycles. The van der Waals surface area contributed by atoms with E-state index in [-0.39, 0.29) is 12.6 Å². The number of nitrogens with zero attached hydrogens (tertiary/aromatic N) is 1. The van der Waals surface area contributed by atoms with Crippen LogP contribution in [0.15, 0.2) is 0 Å². The van der Waals surface area contributed by atoms with Gasteiger partial charge in [0, 0.05) is 6.54 Å². The maximum atomic E-state index is 12.2. The fourth-order valence-electron chi connectivity index (χ4n) is 3.28. The molecule has 0 aromatic rings. The molecule has 148 valence electrons. The van der Waals surface area contributed by atoms with Crippen LogP contribution in [-0.4, -0.2) is 42.8 Å². The fourth-order valence-corrected chi connectivity index (χ4v) is 3.28. The van der Waals surface area contributed by atoms with Gasteiger partial charge in [-0.15, -0.1) is 6.42 Å². The smallest absolute Gasteiger partial charge is 0.411 e. The molecule has 1 amide bonds. The minimum Gasteiger partial charge on any atom is -0.464 e. The molecule has 0 bridgehead atoms. The highest BCUT2D eigenvalue weighted by molar-refractivity contribution is 5.82. The van der Waals surface area contributed by atoms with E-state index in [9.17, 15) is 9.59 Å². The summed E-state index contributed by atoms with van der Waals surface area (Å²) in [6.07, 6.45) is 18.4. The number of hydrogen-bond acceptors (Lipinski definition) is 4. The Morgan fingerprint density at radius 2 is 1.62 bits per heavy atom. The minimum atomic E-state index is -0.527. The van der Waals surface area contributed by atoms with Gasteiger partial charge >= 0.3 is 12.1 Å². The topological polar surface area (TPSA) is 55.8 Å². The summed E-state index contributed by atoms with van der Waals surface area (Å²) in [5.74, 6) is 1.93. The highest BCUT2D eigenvalue weighted by atomic mass is 16.6. The molecule has 1 fully saturated rings. The van der Waals surface area contributed by atoms with Crippen molar-refractivity contribution in [1.29, 1.82) is 0 Å². The number of terminal acetylenes is 1. The lowest BCUT2D eigenvalue weighted by Crippen LogP contribution is -2.41. The molecule has 0 aliphatic carbocycles. The van der Waals surface area contributed by atoms with Crippen LogP contribution in [0.4, 0.5) is 4.79 Å². The third-order valence-electron chi connectivity index (χ3n) is 4.78. The molecular formula is C21H35NO4. The Hall–Kier alpha value is -1.70. The average Bonchev–Trinajstić information content (AvgIpc) is 3.14. The summed E-state index contributed by atoms with van der Waals surface area (Å²) in [5.41, 5.74) is 0. The van der Waals surface area contributed by atoms with Gasteiger partial charge in [0.25, 0.3) is 0 Å². The molecule has 0 spiro atoms. The SMILES string of the molecule is C#CCOC(=O)N1CCCC1C(=O)OCCCCCCCCCCCC. The molecule has 0 saturated carbocycles. The van der Waals surface area contributed by atoms with Crippen molar-refractivity contribution in [1.82, 2.24) is 4.90 Å². The van der Waals surface area contributed by atoms with Gasteiger partial charge in [-0.05, 0) is 19.3 Å². The van der Waals surface area contributed by atoms with Gasteiger partial charge in [-0.1, -0.05) is 70.6 Å². The number of likely N-dealkylation sites (tertiary alicyclic amines) is 1. The minimum absolute atomic E-state index is 0.0737. The van der Waals surface area contributed by atoms with Crippen LogP contribution in [0.5, 0.6) is 0 Å². The summed E-state index contributed by atoms with van der Waals surface area (Å²) in [6.45, 7) is 3.11. The lowest BCUT2D eigenvalue weighted by Gasteiger charge is -2.22. The van der Waals surface area contributed by atoms with Crippen molar-refractivity contribution in [2.24, 2.45) is 0 Å². The van der Waals surface area contributed by atoms with Crippen molar-refractivity contribution in [3.8, 4) is 12.3 Å². The van der Waals surface area contributed by atoms with Gasteiger partial charge in [0.05, 0.1) is 6.61 Å². The first-order valence-corrected chi connectivity index (χ1v) is 10.2. The van der Waals surface area contributed by atoms with E-state index in [0.717, 1.165) is 19.3 Å². The van der Waals surface area contributed by atoms with Gasteiger partial charge in [0.1, 0.15) is 6.04 Å². The lowest BCUT2D eigenvalue weighted by molar-refractivity contribution is -0.148. The van der Waals surface area contributed by atoms with Crippen molar-refractivity contribution in [3.05, 3.63) is 0 Å². The van der Waals surface area contributed by atoms with Gasteiger partial charge in [-0.2, -0.15) is 0 Å². The summed E-state index contributed by atoms with van der Waals surface area (Å²) >= 11 is 0. The molecule has 1 unspecified atom stereocenters. The van der Waals surface area contributed by atoms with Crippen LogP contribution in [0.1, 0.15) is 84.0 Å². The van der Waals surface area contributed by atoms with E-state index in [4.69, 9.17) is 15.9 Å². The number of unbranched alkanes of at least 4 members (excludes halogenated alkanes) is 9. The predicted octanol–water partition coefficient (Wildman–Crippen LogP) is 4.68. The number of carbonyl (C=O) groups excluding carboxylic acids is 2. The zero-order chi connectivity index (χ0) is 19.0. The zero-order valence-corrected chi connectivity index (χ0v) is 16.3. The molecule has 0 aromatic carbocycles. The Labute approximate surface area is 158 Å². The first-order valence-electron chi connectivity index (χ1n) is 10.2. The highest BCUT2D eigenvalue weighted by Crippen LogP contribution is 2.20. The van der Waals surface area contributed by atoms with Crippen molar-refractivity contribution in [2.75, 3.05) is 19.8 Å². The predicted molar refractivity (Wildman–Crippen MR) is 103 cm³/mol. The van der Waals surface area contributed by atoms with Crippen molar-refractivity contribution in [2.45, 2.75) is 90.0 Å².